The van der Waals surface area contributed by atoms with Crippen molar-refractivity contribution in [3.63, 3.8) is 0 Å². The molecule has 0 radical (unpaired) electrons. The third-order valence-electron chi connectivity index (χ3n) is 8.20. The van der Waals surface area contributed by atoms with Gasteiger partial charge in [-0.25, -0.2) is 4.79 Å². The second-order valence-corrected chi connectivity index (χ2v) is 13.2. The van der Waals surface area contributed by atoms with Crippen molar-refractivity contribution in [3.05, 3.63) is 70.4 Å². The summed E-state index contributed by atoms with van der Waals surface area (Å²) in [4.78, 5) is 30.8. The van der Waals surface area contributed by atoms with E-state index in [4.69, 9.17) is 21.1 Å². The monoisotopic (exact) mass is 615 g/mol. The van der Waals surface area contributed by atoms with Gasteiger partial charge in [-0.3, -0.25) is 9.89 Å². The SMILES string of the molecule is Cc1ccc2[nH]ncc2c1-c1cc(Nc2ccccc2C(C)C)c2c(c1Cl)OCC1CN(C(=O)OC(C)(C)C)CCN1C2=O. The number of carbonyl (C=O) groups is 2. The maximum absolute atomic E-state index is 14.4. The number of benzene rings is 3. The molecule has 230 valence electrons. The molecule has 2 aliphatic heterocycles. The maximum atomic E-state index is 14.4. The van der Waals surface area contributed by atoms with Crippen LogP contribution in [0.5, 0.6) is 5.75 Å². The normalized spacial score (nSPS) is 16.8. The predicted octanol–water partition coefficient (Wildman–Crippen LogP) is 7.51. The fourth-order valence-electron chi connectivity index (χ4n) is 6.09. The van der Waals surface area contributed by atoms with Crippen LogP contribution in [0.25, 0.3) is 22.0 Å². The van der Waals surface area contributed by atoms with Gasteiger partial charge in [0.2, 0.25) is 0 Å². The van der Waals surface area contributed by atoms with Crippen molar-refractivity contribution in [2.45, 2.75) is 59.1 Å². The number of aromatic nitrogens is 2. The molecule has 2 N–H and O–H groups in total. The lowest BCUT2D eigenvalue weighted by Gasteiger charge is -2.40. The van der Waals surface area contributed by atoms with Crippen molar-refractivity contribution in [2.75, 3.05) is 31.6 Å². The highest BCUT2D eigenvalue weighted by molar-refractivity contribution is 6.36. The van der Waals surface area contributed by atoms with Gasteiger partial charge in [0, 0.05) is 36.3 Å². The number of nitrogens with zero attached hydrogens (tertiary/aromatic N) is 3. The average Bonchev–Trinajstić information content (AvgIpc) is 3.39. The Hall–Kier alpha value is -4.24. The fraction of sp³-hybridized carbons (Fsp3) is 0.382. The highest BCUT2D eigenvalue weighted by Crippen LogP contribution is 2.47. The quantitative estimate of drug-likeness (QED) is 0.246. The van der Waals surface area contributed by atoms with Crippen LogP contribution in [0.1, 0.15) is 62.0 Å². The van der Waals surface area contributed by atoms with E-state index < -0.39 is 11.7 Å². The topological polar surface area (TPSA) is 99.8 Å². The number of carbonyl (C=O) groups excluding carboxylic acids is 2. The first-order valence-corrected chi connectivity index (χ1v) is 15.4. The number of aromatic amines is 1. The molecule has 0 aliphatic carbocycles. The first kappa shape index (κ1) is 29.8. The summed E-state index contributed by atoms with van der Waals surface area (Å²) in [5.41, 5.74) is 5.94. The number of anilines is 2. The molecule has 10 heteroatoms. The van der Waals surface area contributed by atoms with Crippen LogP contribution in [0.4, 0.5) is 16.2 Å². The van der Waals surface area contributed by atoms with E-state index >= 15 is 0 Å². The lowest BCUT2D eigenvalue weighted by atomic mass is 9.93. The van der Waals surface area contributed by atoms with Gasteiger partial charge in [-0.1, -0.05) is 49.7 Å². The fourth-order valence-corrected chi connectivity index (χ4v) is 6.38. The van der Waals surface area contributed by atoms with Gasteiger partial charge in [0.1, 0.15) is 17.8 Å². The maximum Gasteiger partial charge on any atom is 0.410 e. The van der Waals surface area contributed by atoms with E-state index in [2.05, 4.69) is 35.4 Å². The zero-order chi connectivity index (χ0) is 31.3. The Kier molecular flexibility index (Phi) is 7.70. The first-order chi connectivity index (χ1) is 20.9. The Bertz CT molecular complexity index is 1760. The number of halogens is 1. The minimum Gasteiger partial charge on any atom is -0.489 e. The van der Waals surface area contributed by atoms with Crippen molar-refractivity contribution in [1.82, 2.24) is 20.0 Å². The molecule has 6 rings (SSSR count). The lowest BCUT2D eigenvalue weighted by molar-refractivity contribution is 0.000960. The molecule has 4 aromatic rings. The van der Waals surface area contributed by atoms with Crippen molar-refractivity contribution in [1.29, 1.82) is 0 Å². The van der Waals surface area contributed by atoms with Crippen LogP contribution in [0.15, 0.2) is 48.7 Å². The highest BCUT2D eigenvalue weighted by atomic mass is 35.5. The molecule has 0 saturated carbocycles. The number of H-pyrrole nitrogens is 1. The number of nitrogens with one attached hydrogen (secondary N) is 2. The predicted molar refractivity (Wildman–Crippen MR) is 173 cm³/mol. The molecular weight excluding hydrogens is 578 g/mol. The highest BCUT2D eigenvalue weighted by Gasteiger charge is 2.40. The second-order valence-electron chi connectivity index (χ2n) is 12.8. The van der Waals surface area contributed by atoms with Gasteiger partial charge in [-0.2, -0.15) is 5.10 Å². The molecule has 0 bridgehead atoms. The average molecular weight is 616 g/mol. The Morgan fingerprint density at radius 2 is 1.91 bits per heavy atom. The molecule has 1 atom stereocenters. The van der Waals surface area contributed by atoms with Gasteiger partial charge in [-0.15, -0.1) is 0 Å². The van der Waals surface area contributed by atoms with E-state index in [1.165, 1.54) is 0 Å². The third-order valence-corrected chi connectivity index (χ3v) is 8.58. The van der Waals surface area contributed by atoms with Crippen LogP contribution in [0.3, 0.4) is 0 Å². The lowest BCUT2D eigenvalue weighted by Crippen LogP contribution is -2.58. The molecule has 1 aromatic heterocycles. The van der Waals surface area contributed by atoms with Gasteiger partial charge in [0.15, 0.2) is 5.75 Å². The zero-order valence-electron chi connectivity index (χ0n) is 26.0. The number of para-hydroxylation sites is 1. The number of amides is 2. The Morgan fingerprint density at radius 1 is 1.14 bits per heavy atom. The van der Waals surface area contributed by atoms with E-state index in [1.807, 2.05) is 64.1 Å². The van der Waals surface area contributed by atoms with Crippen LogP contribution in [-0.4, -0.2) is 69.9 Å². The molecule has 9 nitrogen and oxygen atoms in total. The summed E-state index contributed by atoms with van der Waals surface area (Å²) in [7, 11) is 0. The minimum absolute atomic E-state index is 0.179. The van der Waals surface area contributed by atoms with Gasteiger partial charge in [0.05, 0.1) is 28.5 Å². The van der Waals surface area contributed by atoms with Gasteiger partial charge < -0.3 is 24.6 Å². The molecule has 3 aromatic carbocycles. The van der Waals surface area contributed by atoms with Crippen LogP contribution in [0, 0.1) is 6.92 Å². The Balaban J connectivity index is 1.48. The molecule has 3 heterocycles. The van der Waals surface area contributed by atoms with Gasteiger partial charge in [-0.05, 0) is 68.5 Å². The van der Waals surface area contributed by atoms with Crippen LogP contribution < -0.4 is 10.1 Å². The molecule has 2 amide bonds. The first-order valence-electron chi connectivity index (χ1n) is 15.0. The molecular formula is C34H38ClN5O4. The molecule has 1 saturated heterocycles. The number of hydrogen-bond acceptors (Lipinski definition) is 6. The van der Waals surface area contributed by atoms with E-state index in [0.29, 0.717) is 41.7 Å². The van der Waals surface area contributed by atoms with Crippen LogP contribution >= 0.6 is 11.6 Å². The van der Waals surface area contributed by atoms with Crippen molar-refractivity contribution in [2.24, 2.45) is 0 Å². The smallest absolute Gasteiger partial charge is 0.410 e. The Morgan fingerprint density at radius 3 is 2.66 bits per heavy atom. The zero-order valence-corrected chi connectivity index (χ0v) is 26.7. The van der Waals surface area contributed by atoms with Crippen LogP contribution in [-0.2, 0) is 4.74 Å². The molecule has 0 spiro atoms. The third kappa shape index (κ3) is 5.45. The summed E-state index contributed by atoms with van der Waals surface area (Å²) < 4.78 is 12.1. The number of piperazine rings is 1. The number of fused-ring (bicyclic) bond motifs is 3. The number of rotatable bonds is 4. The molecule has 1 unspecified atom stereocenters. The largest absolute Gasteiger partial charge is 0.489 e. The van der Waals surface area contributed by atoms with Crippen molar-refractivity contribution < 1.29 is 19.1 Å². The molecule has 1 fully saturated rings. The van der Waals surface area contributed by atoms with E-state index in [9.17, 15) is 9.59 Å². The summed E-state index contributed by atoms with van der Waals surface area (Å²) in [6.45, 7) is 13.0. The van der Waals surface area contributed by atoms with E-state index in [0.717, 1.165) is 38.8 Å². The molecule has 2 aliphatic rings. The summed E-state index contributed by atoms with van der Waals surface area (Å²) in [5, 5.41) is 12.2. The van der Waals surface area contributed by atoms with Gasteiger partial charge >= 0.3 is 6.09 Å². The van der Waals surface area contributed by atoms with E-state index in [-0.39, 0.29) is 24.5 Å². The van der Waals surface area contributed by atoms with Crippen molar-refractivity contribution in [3.8, 4) is 16.9 Å². The van der Waals surface area contributed by atoms with Gasteiger partial charge in [0.25, 0.3) is 5.91 Å². The summed E-state index contributed by atoms with van der Waals surface area (Å²) in [6, 6.07) is 13.7. The summed E-state index contributed by atoms with van der Waals surface area (Å²) in [6.07, 6.45) is 1.39. The standard InChI is InChI=1S/C34H38ClN5O4/c1-19(2)22-9-7-8-10-25(22)37-27-15-23(28-20(3)11-12-26-24(28)16-36-38-26)30(35)31-29(27)32(41)40-14-13-39(17-21(40)18-43-31)33(42)44-34(4,5)6/h7-12,15-16,19,21,37H,13-14,17-18H2,1-6H3,(H,36,38). The summed E-state index contributed by atoms with van der Waals surface area (Å²) in [5.74, 6) is 0.391. The second kappa shape index (κ2) is 11.4. The molecule has 44 heavy (non-hydrogen) atoms. The van der Waals surface area contributed by atoms with E-state index in [1.54, 1.807) is 16.0 Å². The minimum atomic E-state index is -0.618. The van der Waals surface area contributed by atoms with Crippen LogP contribution in [0.2, 0.25) is 5.02 Å². The number of hydrogen-bond donors (Lipinski definition) is 2. The summed E-state index contributed by atoms with van der Waals surface area (Å²) >= 11 is 7.21. The number of ether oxygens (including phenoxy) is 2. The van der Waals surface area contributed by atoms with Crippen molar-refractivity contribution >= 4 is 45.9 Å². The Labute approximate surface area is 262 Å². The number of aryl methyl sites for hydroxylation is 1.